The van der Waals surface area contributed by atoms with Gasteiger partial charge in [-0.05, 0) is 35.6 Å². The highest BCUT2D eigenvalue weighted by Crippen LogP contribution is 2.58. The van der Waals surface area contributed by atoms with Crippen molar-refractivity contribution in [1.29, 1.82) is 5.26 Å². The van der Waals surface area contributed by atoms with Crippen LogP contribution in [0.1, 0.15) is 32.4 Å². The number of esters is 1. The van der Waals surface area contributed by atoms with Gasteiger partial charge in [-0.3, -0.25) is 4.79 Å². The summed E-state index contributed by atoms with van der Waals surface area (Å²) in [5.74, 6) is 1.12. The molecule has 1 aliphatic carbocycles. The molecule has 0 aromatic heterocycles. The molecule has 0 spiro atoms. The van der Waals surface area contributed by atoms with Crippen molar-refractivity contribution >= 4 is 5.97 Å². The lowest BCUT2D eigenvalue weighted by Gasteiger charge is -2.13. The Bertz CT molecular complexity index is 807. The molecule has 1 fully saturated rings. The fraction of sp³-hybridized carbons (Fsp3) is 0.333. The van der Waals surface area contributed by atoms with Crippen molar-refractivity contribution in [2.24, 2.45) is 17.3 Å². The summed E-state index contributed by atoms with van der Waals surface area (Å²) in [5.41, 5.74) is 0.547. The predicted molar refractivity (Wildman–Crippen MR) is 93.8 cm³/mol. The topological polar surface area (TPSA) is 59.3 Å². The molecule has 4 heteroatoms. The van der Waals surface area contributed by atoms with Crippen LogP contribution in [0.25, 0.3) is 0 Å². The molecule has 128 valence electrons. The second-order valence-electron chi connectivity index (χ2n) is 7.02. The Morgan fingerprint density at radius 1 is 1.12 bits per heavy atom. The van der Waals surface area contributed by atoms with Crippen LogP contribution in [-0.4, -0.2) is 5.97 Å². The second-order valence-corrected chi connectivity index (χ2v) is 7.02. The van der Waals surface area contributed by atoms with Crippen LogP contribution in [0.4, 0.5) is 0 Å². The zero-order valence-corrected chi connectivity index (χ0v) is 14.6. The van der Waals surface area contributed by atoms with Crippen molar-refractivity contribution in [2.45, 2.75) is 26.9 Å². The smallest absolute Gasteiger partial charge is 0.311 e. The molecule has 1 saturated carbocycles. The third-order valence-electron chi connectivity index (χ3n) is 5.11. The molecule has 0 heterocycles. The largest absolute Gasteiger partial charge is 0.457 e. The molecule has 0 radical (unpaired) electrons. The summed E-state index contributed by atoms with van der Waals surface area (Å²) in [6, 6.07) is 18.5. The summed E-state index contributed by atoms with van der Waals surface area (Å²) in [6.07, 6.45) is -0.935. The standard InChI is InChI=1S/C21H21NO3/c1-14-19(21(14,2)3)20(23)25-18(13-22)15-8-7-11-17(12-15)24-16-9-5-4-6-10-16/h4-12,14,18-19H,1-3H3. The zero-order valence-electron chi connectivity index (χ0n) is 14.6. The van der Waals surface area contributed by atoms with E-state index in [9.17, 15) is 10.1 Å². The van der Waals surface area contributed by atoms with Crippen molar-refractivity contribution < 1.29 is 14.3 Å². The Labute approximate surface area is 148 Å². The number of hydrogen-bond donors (Lipinski definition) is 0. The van der Waals surface area contributed by atoms with Crippen LogP contribution >= 0.6 is 0 Å². The number of benzene rings is 2. The first-order valence-corrected chi connectivity index (χ1v) is 8.36. The number of para-hydroxylation sites is 1. The first-order valence-electron chi connectivity index (χ1n) is 8.36. The van der Waals surface area contributed by atoms with Crippen molar-refractivity contribution in [1.82, 2.24) is 0 Å². The van der Waals surface area contributed by atoms with E-state index in [4.69, 9.17) is 9.47 Å². The van der Waals surface area contributed by atoms with Crippen LogP contribution in [0.5, 0.6) is 11.5 Å². The number of rotatable bonds is 5. The van der Waals surface area contributed by atoms with E-state index in [0.717, 1.165) is 0 Å². The second kappa shape index (κ2) is 6.60. The number of ether oxygens (including phenoxy) is 2. The first-order chi connectivity index (χ1) is 11.9. The molecule has 4 nitrogen and oxygen atoms in total. The first kappa shape index (κ1) is 17.0. The van der Waals surface area contributed by atoms with Crippen LogP contribution in [0.15, 0.2) is 54.6 Å². The van der Waals surface area contributed by atoms with Crippen molar-refractivity contribution in [3.8, 4) is 17.6 Å². The highest BCUT2D eigenvalue weighted by molar-refractivity contribution is 5.78. The number of nitrogens with zero attached hydrogens (tertiary/aromatic N) is 1. The van der Waals surface area contributed by atoms with E-state index in [-0.39, 0.29) is 23.2 Å². The van der Waals surface area contributed by atoms with E-state index in [0.29, 0.717) is 17.1 Å². The SMILES string of the molecule is CC1C(C(=O)OC(C#N)c2cccc(Oc3ccccc3)c2)C1(C)C. The van der Waals surface area contributed by atoms with E-state index in [1.54, 1.807) is 24.3 Å². The predicted octanol–water partition coefficient (Wildman–Crippen LogP) is 4.88. The number of hydrogen-bond acceptors (Lipinski definition) is 4. The monoisotopic (exact) mass is 335 g/mol. The quantitative estimate of drug-likeness (QED) is 0.731. The molecule has 2 aromatic carbocycles. The molecular weight excluding hydrogens is 314 g/mol. The van der Waals surface area contributed by atoms with Gasteiger partial charge < -0.3 is 9.47 Å². The average Bonchev–Trinajstić information content (AvgIpc) is 3.11. The highest BCUT2D eigenvalue weighted by atomic mass is 16.5. The average molecular weight is 335 g/mol. The molecule has 0 N–H and O–H groups in total. The van der Waals surface area contributed by atoms with Gasteiger partial charge in [0.05, 0.1) is 5.92 Å². The number of nitriles is 1. The Morgan fingerprint density at radius 3 is 2.36 bits per heavy atom. The normalized spacial score (nSPS) is 21.7. The molecule has 0 aliphatic heterocycles. The summed E-state index contributed by atoms with van der Waals surface area (Å²) in [5, 5.41) is 9.44. The molecule has 3 unspecified atom stereocenters. The summed E-state index contributed by atoms with van der Waals surface area (Å²) < 4.78 is 11.2. The van der Waals surface area contributed by atoms with Gasteiger partial charge >= 0.3 is 5.97 Å². The van der Waals surface area contributed by atoms with Gasteiger partial charge in [0.15, 0.2) is 0 Å². The minimum Gasteiger partial charge on any atom is -0.457 e. The third-order valence-corrected chi connectivity index (χ3v) is 5.11. The highest BCUT2D eigenvalue weighted by Gasteiger charge is 2.60. The van der Waals surface area contributed by atoms with Crippen LogP contribution < -0.4 is 4.74 Å². The van der Waals surface area contributed by atoms with Gasteiger partial charge in [-0.25, -0.2) is 0 Å². The number of carbonyl (C=O) groups excluding carboxylic acids is 1. The fourth-order valence-corrected chi connectivity index (χ4v) is 3.13. The molecule has 25 heavy (non-hydrogen) atoms. The summed E-state index contributed by atoms with van der Waals surface area (Å²) >= 11 is 0. The maximum absolute atomic E-state index is 12.3. The van der Waals surface area contributed by atoms with Gasteiger partial charge in [-0.15, -0.1) is 0 Å². The third kappa shape index (κ3) is 3.51. The van der Waals surface area contributed by atoms with Gasteiger partial charge in [0, 0.05) is 5.56 Å². The fourth-order valence-electron chi connectivity index (χ4n) is 3.13. The maximum atomic E-state index is 12.3. The van der Waals surface area contributed by atoms with Crippen LogP contribution in [-0.2, 0) is 9.53 Å². The van der Waals surface area contributed by atoms with Crippen LogP contribution in [0, 0.1) is 28.6 Å². The molecular formula is C21H21NO3. The minimum absolute atomic E-state index is 0.0602. The minimum atomic E-state index is -0.935. The van der Waals surface area contributed by atoms with E-state index in [2.05, 4.69) is 6.07 Å². The van der Waals surface area contributed by atoms with Crippen LogP contribution in [0.2, 0.25) is 0 Å². The van der Waals surface area contributed by atoms with E-state index < -0.39 is 6.10 Å². The Hall–Kier alpha value is -2.80. The molecule has 0 amide bonds. The molecule has 3 rings (SSSR count). The lowest BCUT2D eigenvalue weighted by molar-refractivity contribution is -0.149. The van der Waals surface area contributed by atoms with Gasteiger partial charge in [-0.1, -0.05) is 51.1 Å². The molecule has 2 aromatic rings. The number of carbonyl (C=O) groups is 1. The van der Waals surface area contributed by atoms with Gasteiger partial charge in [0.2, 0.25) is 6.10 Å². The zero-order chi connectivity index (χ0) is 18.0. The van der Waals surface area contributed by atoms with Gasteiger partial charge in [0.25, 0.3) is 0 Å². The van der Waals surface area contributed by atoms with E-state index in [1.807, 2.05) is 51.1 Å². The Morgan fingerprint density at radius 2 is 1.76 bits per heavy atom. The Kier molecular flexibility index (Phi) is 4.50. The Balaban J connectivity index is 1.72. The van der Waals surface area contributed by atoms with Crippen LogP contribution in [0.3, 0.4) is 0 Å². The maximum Gasteiger partial charge on any atom is 0.311 e. The van der Waals surface area contributed by atoms with E-state index in [1.165, 1.54) is 0 Å². The molecule has 3 atom stereocenters. The summed E-state index contributed by atoms with van der Waals surface area (Å²) in [6.45, 7) is 6.11. The van der Waals surface area contributed by atoms with E-state index >= 15 is 0 Å². The lowest BCUT2D eigenvalue weighted by Crippen LogP contribution is -2.14. The van der Waals surface area contributed by atoms with Gasteiger partial charge in [-0.2, -0.15) is 5.26 Å². The lowest BCUT2D eigenvalue weighted by atomic mass is 10.1. The van der Waals surface area contributed by atoms with Gasteiger partial charge in [0.1, 0.15) is 17.6 Å². The van der Waals surface area contributed by atoms with Crippen molar-refractivity contribution in [2.75, 3.05) is 0 Å². The molecule has 1 aliphatic rings. The molecule has 0 saturated heterocycles. The summed E-state index contributed by atoms with van der Waals surface area (Å²) in [7, 11) is 0. The molecule has 0 bridgehead atoms. The summed E-state index contributed by atoms with van der Waals surface area (Å²) in [4.78, 5) is 12.3. The van der Waals surface area contributed by atoms with Crippen molar-refractivity contribution in [3.05, 3.63) is 60.2 Å². The van der Waals surface area contributed by atoms with Crippen molar-refractivity contribution in [3.63, 3.8) is 0 Å².